The predicted octanol–water partition coefficient (Wildman–Crippen LogP) is 8.31. The second kappa shape index (κ2) is 14.6. The van der Waals surface area contributed by atoms with Crippen molar-refractivity contribution in [2.45, 2.75) is 45.7 Å². The molecule has 3 amide bonds. The third-order valence-corrected chi connectivity index (χ3v) is 12.3. The van der Waals surface area contributed by atoms with Gasteiger partial charge in [0.25, 0.3) is 17.7 Å². The van der Waals surface area contributed by atoms with E-state index in [0.29, 0.717) is 57.7 Å². The van der Waals surface area contributed by atoms with Gasteiger partial charge in [-0.15, -0.1) is 11.3 Å². The molecule has 1 spiro atoms. The van der Waals surface area contributed by atoms with Crippen LogP contribution >= 0.6 is 11.3 Å². The highest BCUT2D eigenvalue weighted by Crippen LogP contribution is 2.44. The molecule has 0 bridgehead atoms. The summed E-state index contributed by atoms with van der Waals surface area (Å²) in [5.74, 6) is -2.05. The number of allylic oxidation sites excluding steroid dienone is 3. The minimum Gasteiger partial charge on any atom is -0.380 e. The van der Waals surface area contributed by atoms with E-state index in [4.69, 9.17) is 4.74 Å². The number of para-hydroxylation sites is 2. The molecular formula is C42H39F4N5O4S. The lowest BCUT2D eigenvalue weighted by atomic mass is 9.77. The summed E-state index contributed by atoms with van der Waals surface area (Å²) in [5, 5.41) is 5.23. The maximum absolute atomic E-state index is 14.5. The number of carbonyl (C=O) groups excluding carboxylic acids is 3. The number of fused-ring (bicyclic) bond motifs is 3. The largest absolute Gasteiger partial charge is 0.418 e. The van der Waals surface area contributed by atoms with Gasteiger partial charge in [-0.1, -0.05) is 37.3 Å². The van der Waals surface area contributed by atoms with Crippen LogP contribution in [0.3, 0.4) is 0 Å². The highest BCUT2D eigenvalue weighted by molar-refractivity contribution is 7.17. The molecule has 1 atom stereocenters. The van der Waals surface area contributed by atoms with Crippen molar-refractivity contribution >= 4 is 46.3 Å². The molecule has 1 aliphatic carbocycles. The van der Waals surface area contributed by atoms with E-state index in [9.17, 15) is 31.9 Å². The second-order valence-corrected chi connectivity index (χ2v) is 16.1. The van der Waals surface area contributed by atoms with Gasteiger partial charge in [0.15, 0.2) is 0 Å². The van der Waals surface area contributed by atoms with Crippen molar-refractivity contribution < 1.29 is 36.7 Å². The Kier molecular flexibility index (Phi) is 9.82. The monoisotopic (exact) mass is 785 g/mol. The standard InChI is InChI=1S/C42H39F4N5O4S/c1-24-18-30(37(47-21-24)50-16-13-41(14-17-50)22-55-23-41)38(52)48-27-10-11-28(25(2)19-27)40(54)51-15-12-26-20-34(56-36(26)29-6-3-4-9-33(29)51)39(53)49-35-31(42(44,45)46)7-5-8-32(35)43/h3-11,18,20-21,25H,12-17,19,22-23H2,1-2H3,(H,48,52)(H,49,53). The summed E-state index contributed by atoms with van der Waals surface area (Å²) >= 11 is 1.08. The van der Waals surface area contributed by atoms with Gasteiger partial charge in [0.05, 0.1) is 40.6 Å². The smallest absolute Gasteiger partial charge is 0.380 e. The fourth-order valence-electron chi connectivity index (χ4n) is 7.94. The zero-order valence-corrected chi connectivity index (χ0v) is 31.6. The van der Waals surface area contributed by atoms with E-state index in [2.05, 4.69) is 20.5 Å². The molecule has 2 aromatic carbocycles. The van der Waals surface area contributed by atoms with E-state index in [1.165, 1.54) is 0 Å². The van der Waals surface area contributed by atoms with E-state index < -0.39 is 29.2 Å². The lowest BCUT2D eigenvalue weighted by Crippen LogP contribution is -2.51. The number of halogens is 4. The summed E-state index contributed by atoms with van der Waals surface area (Å²) in [4.78, 5) is 50.7. The number of piperidine rings is 1. The molecule has 2 fully saturated rings. The number of thiophene rings is 1. The number of benzene rings is 2. The minimum absolute atomic E-state index is 0.117. The van der Waals surface area contributed by atoms with Crippen molar-refractivity contribution in [3.8, 4) is 10.4 Å². The first kappa shape index (κ1) is 37.6. The molecule has 9 nitrogen and oxygen atoms in total. The quantitative estimate of drug-likeness (QED) is 0.191. The predicted molar refractivity (Wildman–Crippen MR) is 206 cm³/mol. The Hall–Kier alpha value is -5.34. The summed E-state index contributed by atoms with van der Waals surface area (Å²) in [5.41, 5.74) is 2.78. The molecule has 8 rings (SSSR count). The summed E-state index contributed by atoms with van der Waals surface area (Å²) in [6, 6.07) is 13.3. The number of aromatic nitrogens is 1. The van der Waals surface area contributed by atoms with Gasteiger partial charge in [-0.05, 0) is 86.1 Å². The van der Waals surface area contributed by atoms with E-state index >= 15 is 0 Å². The third-order valence-electron chi connectivity index (χ3n) is 11.1. The van der Waals surface area contributed by atoms with E-state index in [1.807, 2.05) is 44.2 Å². The Bertz CT molecular complexity index is 2300. The second-order valence-electron chi connectivity index (χ2n) is 15.0. The highest BCUT2D eigenvalue weighted by atomic mass is 32.1. The van der Waals surface area contributed by atoms with Crippen LogP contribution in [-0.4, -0.2) is 55.6 Å². The van der Waals surface area contributed by atoms with Gasteiger partial charge in [0.2, 0.25) is 0 Å². The first-order chi connectivity index (χ1) is 26.8. The average Bonchev–Trinajstić information content (AvgIpc) is 3.52. The van der Waals surface area contributed by atoms with Crippen LogP contribution in [0.25, 0.3) is 10.4 Å². The van der Waals surface area contributed by atoms with Gasteiger partial charge < -0.3 is 25.2 Å². The summed E-state index contributed by atoms with van der Waals surface area (Å²) < 4.78 is 60.8. The molecule has 1 unspecified atom stereocenters. The highest BCUT2D eigenvalue weighted by Gasteiger charge is 2.42. The Morgan fingerprint density at radius 3 is 2.45 bits per heavy atom. The van der Waals surface area contributed by atoms with Crippen molar-refractivity contribution in [3.05, 3.63) is 117 Å². The van der Waals surface area contributed by atoms with Crippen LogP contribution in [0.5, 0.6) is 0 Å². The fraction of sp³-hybridized carbons (Fsp3) is 0.333. The zero-order valence-electron chi connectivity index (χ0n) is 30.8. The minimum atomic E-state index is -4.87. The number of hydrogen-bond donors (Lipinski definition) is 2. The maximum Gasteiger partial charge on any atom is 0.418 e. The van der Waals surface area contributed by atoms with Crippen molar-refractivity contribution in [2.24, 2.45) is 11.3 Å². The molecule has 0 saturated carbocycles. The lowest BCUT2D eigenvalue weighted by molar-refractivity contribution is -0.137. The van der Waals surface area contributed by atoms with Gasteiger partial charge in [-0.3, -0.25) is 14.4 Å². The van der Waals surface area contributed by atoms with E-state index in [1.54, 1.807) is 29.3 Å². The molecule has 4 aromatic rings. The maximum atomic E-state index is 14.5. The average molecular weight is 786 g/mol. The van der Waals surface area contributed by atoms with Crippen molar-refractivity contribution in [2.75, 3.05) is 48.0 Å². The molecule has 56 heavy (non-hydrogen) atoms. The molecule has 2 saturated heterocycles. The van der Waals surface area contributed by atoms with Gasteiger partial charge in [-0.25, -0.2) is 9.37 Å². The van der Waals surface area contributed by atoms with Crippen molar-refractivity contribution in [1.29, 1.82) is 0 Å². The number of nitrogens with zero attached hydrogens (tertiary/aromatic N) is 3. The molecule has 2 aromatic heterocycles. The molecule has 4 aliphatic rings. The summed E-state index contributed by atoms with van der Waals surface area (Å²) in [6.45, 7) is 7.32. The Labute approximate surface area is 325 Å². The Morgan fingerprint density at radius 1 is 0.964 bits per heavy atom. The zero-order chi connectivity index (χ0) is 39.4. The number of carbonyl (C=O) groups is 3. The van der Waals surface area contributed by atoms with Crippen LogP contribution in [0, 0.1) is 24.1 Å². The molecule has 3 aliphatic heterocycles. The number of aryl methyl sites for hydroxylation is 1. The number of alkyl halides is 3. The third kappa shape index (κ3) is 7.11. The SMILES string of the molecule is Cc1cnc(N2CCC3(CC2)COC3)c(C(=O)NC2=CC=C(C(=O)N3CCc4cc(C(=O)Nc5c(F)cccc5C(F)(F)F)sc4-c4ccccc43)C(C)C2)c1. The number of amides is 3. The van der Waals surface area contributed by atoms with E-state index in [-0.39, 0.29) is 34.6 Å². The first-order valence-electron chi connectivity index (χ1n) is 18.5. The first-order valence-corrected chi connectivity index (χ1v) is 19.3. The topological polar surface area (TPSA) is 104 Å². The molecule has 0 radical (unpaired) electrons. The normalized spacial score (nSPS) is 18.9. The number of anilines is 3. The summed E-state index contributed by atoms with van der Waals surface area (Å²) in [6.07, 6.45) is 3.24. The lowest BCUT2D eigenvalue weighted by Gasteiger charge is -2.47. The van der Waals surface area contributed by atoms with Crippen LogP contribution in [0.1, 0.15) is 62.9 Å². The fourth-order valence-corrected chi connectivity index (χ4v) is 9.08. The molecular weight excluding hydrogens is 747 g/mol. The van der Waals surface area contributed by atoms with E-state index in [0.717, 1.165) is 73.7 Å². The van der Waals surface area contributed by atoms with Gasteiger partial charge >= 0.3 is 6.18 Å². The number of pyridine rings is 1. The van der Waals surface area contributed by atoms with Crippen LogP contribution in [0.15, 0.2) is 84.2 Å². The number of rotatable bonds is 6. The van der Waals surface area contributed by atoms with Crippen molar-refractivity contribution in [3.63, 3.8) is 0 Å². The van der Waals surface area contributed by atoms with Crippen molar-refractivity contribution in [1.82, 2.24) is 10.3 Å². The summed E-state index contributed by atoms with van der Waals surface area (Å²) in [7, 11) is 0. The Balaban J connectivity index is 0.994. The Morgan fingerprint density at radius 2 is 1.73 bits per heavy atom. The van der Waals surface area contributed by atoms with Crippen LogP contribution in [0.4, 0.5) is 34.8 Å². The van der Waals surface area contributed by atoms with Crippen LogP contribution in [0.2, 0.25) is 0 Å². The van der Waals surface area contributed by atoms with Crippen LogP contribution in [-0.2, 0) is 22.1 Å². The number of hydrogen-bond acceptors (Lipinski definition) is 7. The molecule has 14 heteroatoms. The number of ether oxygens (including phenoxy) is 1. The van der Waals surface area contributed by atoms with Gasteiger partial charge in [0.1, 0.15) is 11.6 Å². The van der Waals surface area contributed by atoms with Gasteiger partial charge in [0, 0.05) is 53.0 Å². The molecule has 5 heterocycles. The molecule has 2 N–H and O–H groups in total. The molecule has 290 valence electrons. The number of nitrogens with one attached hydrogen (secondary N) is 2. The van der Waals surface area contributed by atoms with Crippen LogP contribution < -0.4 is 20.4 Å². The van der Waals surface area contributed by atoms with Gasteiger partial charge in [-0.2, -0.15) is 13.2 Å².